The molecule has 0 saturated carbocycles. The first-order valence-corrected chi connectivity index (χ1v) is 7.13. The monoisotopic (exact) mass is 256 g/mol. The zero-order valence-corrected chi connectivity index (χ0v) is 12.2. The zero-order chi connectivity index (χ0) is 13.6. The van der Waals surface area contributed by atoms with Crippen LogP contribution in [-0.2, 0) is 9.53 Å². The number of ether oxygens (including phenoxy) is 1. The molecule has 1 atom stereocenters. The van der Waals surface area contributed by atoms with E-state index in [1.807, 2.05) is 0 Å². The summed E-state index contributed by atoms with van der Waals surface area (Å²) in [6.45, 7) is 9.60. The Bertz CT molecular complexity index is 263. The Morgan fingerprint density at radius 1 is 1.39 bits per heavy atom. The van der Waals surface area contributed by atoms with Gasteiger partial charge in [0.2, 0.25) is 5.91 Å². The van der Waals surface area contributed by atoms with Crippen molar-refractivity contribution >= 4 is 5.91 Å². The molecular weight excluding hydrogens is 228 g/mol. The van der Waals surface area contributed by atoms with Crippen molar-refractivity contribution in [3.63, 3.8) is 0 Å². The molecule has 4 heteroatoms. The van der Waals surface area contributed by atoms with Gasteiger partial charge in [0.05, 0.1) is 12.1 Å². The molecule has 0 radical (unpaired) electrons. The fourth-order valence-electron chi connectivity index (χ4n) is 2.41. The van der Waals surface area contributed by atoms with Crippen molar-refractivity contribution in [1.29, 1.82) is 0 Å². The quantitative estimate of drug-likeness (QED) is 0.762. The standard InChI is InChI=1S/C14H28N2O2/c1-5-11(6-2)16-13(17)10-15-12-7-8-18-14(3,4)9-12/h11-12,15H,5-10H2,1-4H3,(H,16,17). The van der Waals surface area contributed by atoms with E-state index in [0.29, 0.717) is 18.6 Å². The number of nitrogens with one attached hydrogen (secondary N) is 2. The minimum absolute atomic E-state index is 0.0677. The SMILES string of the molecule is CCC(CC)NC(=O)CNC1CCOC(C)(C)C1. The number of hydrogen-bond donors (Lipinski definition) is 2. The highest BCUT2D eigenvalue weighted by Gasteiger charge is 2.28. The summed E-state index contributed by atoms with van der Waals surface area (Å²) >= 11 is 0. The lowest BCUT2D eigenvalue weighted by atomic mass is 9.94. The highest BCUT2D eigenvalue weighted by Crippen LogP contribution is 2.23. The summed E-state index contributed by atoms with van der Waals surface area (Å²) in [5.74, 6) is 0.105. The van der Waals surface area contributed by atoms with Crippen LogP contribution in [0.1, 0.15) is 53.4 Å². The van der Waals surface area contributed by atoms with Gasteiger partial charge in [-0.2, -0.15) is 0 Å². The van der Waals surface area contributed by atoms with Crippen molar-refractivity contribution in [2.24, 2.45) is 0 Å². The highest BCUT2D eigenvalue weighted by molar-refractivity contribution is 5.78. The summed E-state index contributed by atoms with van der Waals surface area (Å²) in [7, 11) is 0. The van der Waals surface area contributed by atoms with Gasteiger partial charge in [-0.15, -0.1) is 0 Å². The summed E-state index contributed by atoms with van der Waals surface area (Å²) in [6.07, 6.45) is 3.94. The number of rotatable bonds is 6. The number of hydrogen-bond acceptors (Lipinski definition) is 3. The Kier molecular flexibility index (Phi) is 6.09. The van der Waals surface area contributed by atoms with E-state index in [2.05, 4.69) is 38.3 Å². The fraction of sp³-hybridized carbons (Fsp3) is 0.929. The first-order chi connectivity index (χ1) is 8.46. The van der Waals surface area contributed by atoms with E-state index in [1.54, 1.807) is 0 Å². The Morgan fingerprint density at radius 2 is 2.06 bits per heavy atom. The summed E-state index contributed by atoms with van der Waals surface area (Å²) in [4.78, 5) is 11.8. The van der Waals surface area contributed by atoms with Crippen LogP contribution >= 0.6 is 0 Å². The third-order valence-corrected chi connectivity index (χ3v) is 3.60. The van der Waals surface area contributed by atoms with Crippen LogP contribution in [0.3, 0.4) is 0 Å². The van der Waals surface area contributed by atoms with Gasteiger partial charge in [-0.25, -0.2) is 0 Å². The van der Waals surface area contributed by atoms with Gasteiger partial charge in [-0.3, -0.25) is 4.79 Å². The van der Waals surface area contributed by atoms with Gasteiger partial charge in [0.1, 0.15) is 0 Å². The number of amides is 1. The van der Waals surface area contributed by atoms with Crippen LogP contribution in [0, 0.1) is 0 Å². The first-order valence-electron chi connectivity index (χ1n) is 7.13. The topological polar surface area (TPSA) is 50.4 Å². The van der Waals surface area contributed by atoms with Gasteiger partial charge >= 0.3 is 0 Å². The first kappa shape index (κ1) is 15.4. The maximum Gasteiger partial charge on any atom is 0.234 e. The van der Waals surface area contributed by atoms with Crippen molar-refractivity contribution in [1.82, 2.24) is 10.6 Å². The van der Waals surface area contributed by atoms with Crippen LogP contribution in [0.2, 0.25) is 0 Å². The van der Waals surface area contributed by atoms with E-state index >= 15 is 0 Å². The van der Waals surface area contributed by atoms with Crippen LogP contribution in [0.25, 0.3) is 0 Å². The fourth-order valence-corrected chi connectivity index (χ4v) is 2.41. The zero-order valence-electron chi connectivity index (χ0n) is 12.2. The molecule has 0 aromatic carbocycles. The molecule has 0 aromatic heterocycles. The van der Waals surface area contributed by atoms with E-state index in [1.165, 1.54) is 0 Å². The van der Waals surface area contributed by atoms with Crippen molar-refractivity contribution in [2.75, 3.05) is 13.2 Å². The average molecular weight is 256 g/mol. The smallest absolute Gasteiger partial charge is 0.234 e. The lowest BCUT2D eigenvalue weighted by molar-refractivity contribution is -0.121. The van der Waals surface area contributed by atoms with E-state index in [4.69, 9.17) is 4.74 Å². The summed E-state index contributed by atoms with van der Waals surface area (Å²) in [5, 5.41) is 6.38. The van der Waals surface area contributed by atoms with Gasteiger partial charge < -0.3 is 15.4 Å². The molecule has 1 amide bonds. The lowest BCUT2D eigenvalue weighted by Gasteiger charge is -2.35. The second-order valence-electron chi connectivity index (χ2n) is 5.76. The highest BCUT2D eigenvalue weighted by atomic mass is 16.5. The Hall–Kier alpha value is -0.610. The normalized spacial score (nSPS) is 23.1. The summed E-state index contributed by atoms with van der Waals surface area (Å²) in [5.41, 5.74) is -0.0677. The molecule has 0 bridgehead atoms. The van der Waals surface area contributed by atoms with Crippen LogP contribution < -0.4 is 10.6 Å². The molecule has 0 aromatic rings. The molecular formula is C14H28N2O2. The van der Waals surface area contributed by atoms with E-state index in [0.717, 1.165) is 32.3 Å². The summed E-state index contributed by atoms with van der Waals surface area (Å²) < 4.78 is 5.66. The molecule has 4 nitrogen and oxygen atoms in total. The molecule has 1 unspecified atom stereocenters. The van der Waals surface area contributed by atoms with Gasteiger partial charge in [0, 0.05) is 18.7 Å². The second-order valence-corrected chi connectivity index (χ2v) is 5.76. The average Bonchev–Trinajstić information content (AvgIpc) is 2.32. The van der Waals surface area contributed by atoms with Crippen LogP contribution in [-0.4, -0.2) is 36.7 Å². The van der Waals surface area contributed by atoms with Crippen molar-refractivity contribution in [3.8, 4) is 0 Å². The molecule has 1 saturated heterocycles. The van der Waals surface area contributed by atoms with E-state index in [-0.39, 0.29) is 11.5 Å². The Balaban J connectivity index is 2.25. The Morgan fingerprint density at radius 3 is 2.61 bits per heavy atom. The van der Waals surface area contributed by atoms with E-state index < -0.39 is 0 Å². The minimum Gasteiger partial charge on any atom is -0.375 e. The maximum atomic E-state index is 11.8. The minimum atomic E-state index is -0.0677. The van der Waals surface area contributed by atoms with Crippen LogP contribution in [0.4, 0.5) is 0 Å². The molecule has 1 aliphatic heterocycles. The molecule has 0 spiro atoms. The van der Waals surface area contributed by atoms with E-state index in [9.17, 15) is 4.79 Å². The predicted molar refractivity (Wildman–Crippen MR) is 73.6 cm³/mol. The molecule has 18 heavy (non-hydrogen) atoms. The molecule has 1 rings (SSSR count). The van der Waals surface area contributed by atoms with Crippen molar-refractivity contribution in [2.45, 2.75) is 71.1 Å². The molecule has 1 fully saturated rings. The van der Waals surface area contributed by atoms with Gasteiger partial charge in [0.15, 0.2) is 0 Å². The number of carbonyl (C=O) groups excluding carboxylic acids is 1. The third-order valence-electron chi connectivity index (χ3n) is 3.60. The third kappa shape index (κ3) is 5.36. The maximum absolute atomic E-state index is 11.8. The lowest BCUT2D eigenvalue weighted by Crippen LogP contribution is -2.47. The van der Waals surface area contributed by atoms with Crippen LogP contribution in [0.5, 0.6) is 0 Å². The largest absolute Gasteiger partial charge is 0.375 e. The van der Waals surface area contributed by atoms with Crippen molar-refractivity contribution < 1.29 is 9.53 Å². The van der Waals surface area contributed by atoms with Crippen LogP contribution in [0.15, 0.2) is 0 Å². The van der Waals surface area contributed by atoms with Crippen molar-refractivity contribution in [3.05, 3.63) is 0 Å². The predicted octanol–water partition coefficient (Wildman–Crippen LogP) is 1.84. The van der Waals surface area contributed by atoms with Gasteiger partial charge in [-0.1, -0.05) is 13.8 Å². The summed E-state index contributed by atoms with van der Waals surface area (Å²) in [6, 6.07) is 0.701. The molecule has 1 aliphatic rings. The molecule has 2 N–H and O–H groups in total. The Labute approximate surface area is 111 Å². The van der Waals surface area contributed by atoms with Gasteiger partial charge in [0.25, 0.3) is 0 Å². The second kappa shape index (κ2) is 7.10. The van der Waals surface area contributed by atoms with Gasteiger partial charge in [-0.05, 0) is 39.5 Å². The molecule has 0 aliphatic carbocycles. The number of carbonyl (C=O) groups is 1. The molecule has 1 heterocycles. The molecule has 106 valence electrons.